The van der Waals surface area contributed by atoms with E-state index in [1.165, 1.54) is 24.3 Å². The lowest BCUT2D eigenvalue weighted by Crippen LogP contribution is -2.27. The average molecular weight is 365 g/mol. The summed E-state index contributed by atoms with van der Waals surface area (Å²) in [5.74, 6) is -0.414. The lowest BCUT2D eigenvalue weighted by Gasteiger charge is -2.12. The number of non-ortho nitro benzene ring substituents is 1. The minimum atomic E-state index is -0.510. The topological polar surface area (TPSA) is 104 Å². The standard InChI is InChI=1S/C18H11N3O4S/c19-10-13-3-1-12(2-4-13)9-16-17(22)20(18(23)26-16)11-14-5-7-15(8-6-14)21(24)25/h1-9H,11H2/b16-9+. The number of amides is 2. The van der Waals surface area contributed by atoms with Crippen LogP contribution in [0.25, 0.3) is 6.08 Å². The van der Waals surface area contributed by atoms with Crippen LogP contribution in [0.5, 0.6) is 0 Å². The number of thioether (sulfide) groups is 1. The van der Waals surface area contributed by atoms with Crippen molar-refractivity contribution < 1.29 is 14.5 Å². The van der Waals surface area contributed by atoms with Gasteiger partial charge >= 0.3 is 0 Å². The van der Waals surface area contributed by atoms with E-state index in [4.69, 9.17) is 5.26 Å². The maximum atomic E-state index is 12.5. The summed E-state index contributed by atoms with van der Waals surface area (Å²) < 4.78 is 0. The second-order valence-corrected chi connectivity index (χ2v) is 6.42. The average Bonchev–Trinajstić information content (AvgIpc) is 2.90. The Hall–Kier alpha value is -3.44. The van der Waals surface area contributed by atoms with Gasteiger partial charge in [0.25, 0.3) is 16.8 Å². The molecule has 1 fully saturated rings. The van der Waals surface area contributed by atoms with E-state index in [1.807, 2.05) is 6.07 Å². The van der Waals surface area contributed by atoms with Gasteiger partial charge in [0, 0.05) is 12.1 Å². The van der Waals surface area contributed by atoms with Gasteiger partial charge in [-0.05, 0) is 41.1 Å². The molecule has 7 nitrogen and oxygen atoms in total. The van der Waals surface area contributed by atoms with Gasteiger partial charge in [0.15, 0.2) is 0 Å². The largest absolute Gasteiger partial charge is 0.293 e. The van der Waals surface area contributed by atoms with Crippen LogP contribution < -0.4 is 0 Å². The fourth-order valence-corrected chi connectivity index (χ4v) is 3.19. The monoisotopic (exact) mass is 365 g/mol. The van der Waals surface area contributed by atoms with E-state index in [0.29, 0.717) is 21.6 Å². The van der Waals surface area contributed by atoms with Crippen molar-refractivity contribution >= 4 is 34.7 Å². The Kier molecular flexibility index (Phi) is 4.82. The smallest absolute Gasteiger partial charge is 0.268 e. The second-order valence-electron chi connectivity index (χ2n) is 5.43. The maximum Gasteiger partial charge on any atom is 0.293 e. The Labute approximate surface area is 152 Å². The third-order valence-electron chi connectivity index (χ3n) is 3.70. The normalized spacial score (nSPS) is 15.3. The zero-order valence-corrected chi connectivity index (χ0v) is 14.1. The molecule has 0 aliphatic carbocycles. The van der Waals surface area contributed by atoms with Gasteiger partial charge in [-0.15, -0.1) is 0 Å². The number of imide groups is 1. The third kappa shape index (κ3) is 3.63. The Bertz CT molecular complexity index is 959. The SMILES string of the molecule is N#Cc1ccc(/C=C2/SC(=O)N(Cc3ccc([N+](=O)[O-])cc3)C2=O)cc1. The van der Waals surface area contributed by atoms with E-state index in [-0.39, 0.29) is 12.2 Å². The summed E-state index contributed by atoms with van der Waals surface area (Å²) in [6, 6.07) is 14.4. The lowest BCUT2D eigenvalue weighted by molar-refractivity contribution is -0.384. The first-order chi connectivity index (χ1) is 12.5. The summed E-state index contributed by atoms with van der Waals surface area (Å²) in [7, 11) is 0. The number of nitrogens with zero attached hydrogens (tertiary/aromatic N) is 3. The van der Waals surface area contributed by atoms with Gasteiger partial charge in [-0.25, -0.2) is 0 Å². The molecule has 0 bridgehead atoms. The maximum absolute atomic E-state index is 12.5. The van der Waals surface area contributed by atoms with E-state index in [2.05, 4.69) is 0 Å². The fraction of sp³-hybridized carbons (Fsp3) is 0.0556. The van der Waals surface area contributed by atoms with E-state index >= 15 is 0 Å². The van der Waals surface area contributed by atoms with Crippen LogP contribution in [0, 0.1) is 21.4 Å². The molecular weight excluding hydrogens is 354 g/mol. The number of carbonyl (C=O) groups is 2. The molecule has 2 aromatic carbocycles. The molecule has 1 saturated heterocycles. The Morgan fingerprint density at radius 2 is 1.77 bits per heavy atom. The van der Waals surface area contributed by atoms with E-state index in [0.717, 1.165) is 16.7 Å². The molecule has 0 spiro atoms. The highest BCUT2D eigenvalue weighted by molar-refractivity contribution is 8.18. The number of nitriles is 1. The molecule has 1 heterocycles. The summed E-state index contributed by atoms with van der Waals surface area (Å²) in [4.78, 5) is 36.2. The second kappa shape index (κ2) is 7.21. The summed E-state index contributed by atoms with van der Waals surface area (Å²) >= 11 is 0.839. The number of rotatable bonds is 4. The van der Waals surface area contributed by atoms with Crippen LogP contribution in [0.3, 0.4) is 0 Å². The number of benzene rings is 2. The molecule has 1 aliphatic rings. The van der Waals surface area contributed by atoms with Gasteiger partial charge in [-0.1, -0.05) is 24.3 Å². The lowest BCUT2D eigenvalue weighted by atomic mass is 10.1. The van der Waals surface area contributed by atoms with Gasteiger partial charge < -0.3 is 0 Å². The molecular formula is C18H11N3O4S. The van der Waals surface area contributed by atoms with E-state index < -0.39 is 16.1 Å². The Morgan fingerprint density at radius 1 is 1.12 bits per heavy atom. The highest BCUT2D eigenvalue weighted by Gasteiger charge is 2.35. The summed E-state index contributed by atoms with van der Waals surface area (Å²) in [6.07, 6.45) is 1.60. The van der Waals surface area contributed by atoms with Crippen molar-refractivity contribution in [2.45, 2.75) is 6.54 Å². The molecule has 0 atom stereocenters. The number of carbonyl (C=O) groups excluding carboxylic acids is 2. The van der Waals surface area contributed by atoms with Crippen molar-refractivity contribution in [1.29, 1.82) is 5.26 Å². The predicted molar refractivity (Wildman–Crippen MR) is 95.8 cm³/mol. The van der Waals surface area contributed by atoms with E-state index in [9.17, 15) is 19.7 Å². The zero-order valence-electron chi connectivity index (χ0n) is 13.3. The van der Waals surface area contributed by atoms with E-state index in [1.54, 1.807) is 30.3 Å². The highest BCUT2D eigenvalue weighted by atomic mass is 32.2. The molecule has 8 heteroatoms. The minimum absolute atomic E-state index is 0.0490. The van der Waals surface area contributed by atoms with Crippen LogP contribution in [0.4, 0.5) is 10.5 Å². The molecule has 1 aliphatic heterocycles. The molecule has 2 aromatic rings. The molecule has 26 heavy (non-hydrogen) atoms. The zero-order chi connectivity index (χ0) is 18.7. The molecule has 2 amide bonds. The predicted octanol–water partition coefficient (Wildman–Crippen LogP) is 3.70. The Morgan fingerprint density at radius 3 is 2.35 bits per heavy atom. The van der Waals surface area contributed by atoms with Crippen molar-refractivity contribution in [3.63, 3.8) is 0 Å². The van der Waals surface area contributed by atoms with Crippen LogP contribution >= 0.6 is 11.8 Å². The quantitative estimate of drug-likeness (QED) is 0.465. The number of nitro groups is 1. The third-order valence-corrected chi connectivity index (χ3v) is 4.61. The number of nitro benzene ring substituents is 1. The molecule has 0 saturated carbocycles. The van der Waals surface area contributed by atoms with Gasteiger partial charge in [0.05, 0.1) is 28.0 Å². The van der Waals surface area contributed by atoms with Crippen molar-refractivity contribution in [1.82, 2.24) is 4.90 Å². The molecule has 0 aromatic heterocycles. The number of hydrogen-bond donors (Lipinski definition) is 0. The van der Waals surface area contributed by atoms with Crippen LogP contribution in [0.1, 0.15) is 16.7 Å². The van der Waals surface area contributed by atoms with Crippen LogP contribution in [-0.4, -0.2) is 21.0 Å². The summed E-state index contributed by atoms with van der Waals surface area (Å²) in [6.45, 7) is 0.0490. The molecule has 0 N–H and O–H groups in total. The van der Waals surface area contributed by atoms with Crippen molar-refractivity contribution in [2.24, 2.45) is 0 Å². The first-order valence-electron chi connectivity index (χ1n) is 7.47. The number of hydrogen-bond acceptors (Lipinski definition) is 6. The molecule has 0 radical (unpaired) electrons. The fourth-order valence-electron chi connectivity index (χ4n) is 2.35. The van der Waals surface area contributed by atoms with Gasteiger partial charge in [-0.2, -0.15) is 5.26 Å². The van der Waals surface area contributed by atoms with Gasteiger partial charge in [0.1, 0.15) is 0 Å². The van der Waals surface area contributed by atoms with Crippen LogP contribution in [0.15, 0.2) is 53.4 Å². The van der Waals surface area contributed by atoms with Crippen molar-refractivity contribution in [3.05, 3.63) is 80.2 Å². The first-order valence-corrected chi connectivity index (χ1v) is 8.28. The Balaban J connectivity index is 1.76. The molecule has 3 rings (SSSR count). The summed E-state index contributed by atoms with van der Waals surface area (Å²) in [5, 5.41) is 19.1. The summed E-state index contributed by atoms with van der Waals surface area (Å²) in [5.41, 5.74) is 1.79. The minimum Gasteiger partial charge on any atom is -0.268 e. The van der Waals surface area contributed by atoms with Crippen molar-refractivity contribution in [2.75, 3.05) is 0 Å². The van der Waals surface area contributed by atoms with Gasteiger partial charge in [-0.3, -0.25) is 24.6 Å². The van der Waals surface area contributed by atoms with Crippen LogP contribution in [-0.2, 0) is 11.3 Å². The highest BCUT2D eigenvalue weighted by Crippen LogP contribution is 2.33. The molecule has 128 valence electrons. The van der Waals surface area contributed by atoms with Gasteiger partial charge in [0.2, 0.25) is 0 Å². The van der Waals surface area contributed by atoms with Crippen molar-refractivity contribution in [3.8, 4) is 6.07 Å². The van der Waals surface area contributed by atoms with Crippen LogP contribution in [0.2, 0.25) is 0 Å². The first kappa shape index (κ1) is 17.4. The molecule has 0 unspecified atom stereocenters.